The molecule has 0 heterocycles. The van der Waals surface area contributed by atoms with Crippen LogP contribution in [0.1, 0.15) is 44.0 Å². The van der Waals surface area contributed by atoms with Crippen LogP contribution in [0.25, 0.3) is 0 Å². The number of hydrogen-bond acceptors (Lipinski definition) is 5. The molecule has 1 aliphatic rings. The fourth-order valence-corrected chi connectivity index (χ4v) is 2.52. The number of benzene rings is 1. The lowest BCUT2D eigenvalue weighted by molar-refractivity contribution is 0.0949. The molecule has 0 saturated heterocycles. The van der Waals surface area contributed by atoms with Crippen LogP contribution < -0.4 is 25.3 Å². The van der Waals surface area contributed by atoms with Crippen LogP contribution in [0.15, 0.2) is 12.1 Å². The molecule has 1 amide bonds. The molecular weight excluding hydrogens is 344 g/mol. The minimum Gasteiger partial charge on any atom is -0.490 e. The highest BCUT2D eigenvalue weighted by Gasteiger charge is 2.28. The molecule has 6 nitrogen and oxygen atoms in total. The van der Waals surface area contributed by atoms with Crippen LogP contribution in [0.3, 0.4) is 0 Å². The topological polar surface area (TPSA) is 82.8 Å². The van der Waals surface area contributed by atoms with Crippen molar-refractivity contribution in [2.24, 2.45) is 11.7 Å². The van der Waals surface area contributed by atoms with Crippen LogP contribution in [0.4, 0.5) is 0 Å². The summed E-state index contributed by atoms with van der Waals surface area (Å²) in [5, 5.41) is 2.89. The van der Waals surface area contributed by atoms with Gasteiger partial charge in [-0.2, -0.15) is 0 Å². The van der Waals surface area contributed by atoms with Gasteiger partial charge in [0.25, 0.3) is 5.91 Å². The first-order valence-electron chi connectivity index (χ1n) is 8.70. The number of rotatable bonds is 10. The number of nitrogens with one attached hydrogen (secondary N) is 1. The smallest absolute Gasteiger partial charge is 0.251 e. The normalized spacial score (nSPS) is 14.2. The molecule has 25 heavy (non-hydrogen) atoms. The number of carbonyl (C=O) groups is 1. The SMILES string of the molecule is CCOc1cc(C(=O)NCC(N)C2CC2)cc(OCC)c1OCC.Cl. The highest BCUT2D eigenvalue weighted by Crippen LogP contribution is 2.39. The number of amides is 1. The van der Waals surface area contributed by atoms with Crippen molar-refractivity contribution in [2.45, 2.75) is 39.7 Å². The summed E-state index contributed by atoms with van der Waals surface area (Å²) in [6.45, 7) is 7.58. The predicted octanol–water partition coefficient (Wildman–Crippen LogP) is 2.77. The first-order chi connectivity index (χ1) is 11.6. The molecule has 1 aromatic carbocycles. The summed E-state index contributed by atoms with van der Waals surface area (Å²) < 4.78 is 16.9. The quantitative estimate of drug-likeness (QED) is 0.659. The van der Waals surface area contributed by atoms with Crippen molar-refractivity contribution in [1.29, 1.82) is 0 Å². The Bertz CT molecular complexity index is 537. The van der Waals surface area contributed by atoms with E-state index < -0.39 is 0 Å². The molecule has 1 unspecified atom stereocenters. The second kappa shape index (κ2) is 10.4. The number of nitrogens with two attached hydrogens (primary N) is 1. The summed E-state index contributed by atoms with van der Waals surface area (Å²) in [4.78, 5) is 12.5. The number of ether oxygens (including phenoxy) is 3. The van der Waals surface area contributed by atoms with E-state index in [9.17, 15) is 4.79 Å². The molecule has 2 rings (SSSR count). The van der Waals surface area contributed by atoms with Gasteiger partial charge in [0.05, 0.1) is 19.8 Å². The highest BCUT2D eigenvalue weighted by atomic mass is 35.5. The zero-order chi connectivity index (χ0) is 17.5. The Kier molecular flexibility index (Phi) is 8.86. The van der Waals surface area contributed by atoms with Gasteiger partial charge in [0.15, 0.2) is 11.5 Å². The molecule has 0 aliphatic heterocycles. The molecular formula is C18H29ClN2O4. The average Bonchev–Trinajstić information content (AvgIpc) is 3.40. The molecule has 0 aromatic heterocycles. The fourth-order valence-electron chi connectivity index (χ4n) is 2.52. The third-order valence-electron chi connectivity index (χ3n) is 3.90. The second-order valence-electron chi connectivity index (χ2n) is 5.81. The Morgan fingerprint density at radius 3 is 2.08 bits per heavy atom. The van der Waals surface area contributed by atoms with E-state index >= 15 is 0 Å². The Morgan fingerprint density at radius 1 is 1.12 bits per heavy atom. The lowest BCUT2D eigenvalue weighted by atomic mass is 10.1. The van der Waals surface area contributed by atoms with Gasteiger partial charge < -0.3 is 25.3 Å². The van der Waals surface area contributed by atoms with Crippen molar-refractivity contribution >= 4 is 18.3 Å². The molecule has 0 radical (unpaired) electrons. The third-order valence-corrected chi connectivity index (χ3v) is 3.90. The van der Waals surface area contributed by atoms with Crippen molar-refractivity contribution in [3.63, 3.8) is 0 Å². The van der Waals surface area contributed by atoms with E-state index in [0.717, 1.165) is 12.8 Å². The monoisotopic (exact) mass is 372 g/mol. The van der Waals surface area contributed by atoms with Gasteiger partial charge in [-0.05, 0) is 51.7 Å². The summed E-state index contributed by atoms with van der Waals surface area (Å²) in [6, 6.07) is 3.40. The third kappa shape index (κ3) is 5.97. The first-order valence-corrected chi connectivity index (χ1v) is 8.70. The van der Waals surface area contributed by atoms with Gasteiger partial charge in [0.2, 0.25) is 5.75 Å². The molecule has 0 spiro atoms. The summed E-state index contributed by atoms with van der Waals surface area (Å²) >= 11 is 0. The van der Waals surface area contributed by atoms with E-state index in [1.165, 1.54) is 0 Å². The van der Waals surface area contributed by atoms with Crippen LogP contribution in [-0.2, 0) is 0 Å². The average molecular weight is 373 g/mol. The molecule has 1 aliphatic carbocycles. The van der Waals surface area contributed by atoms with Crippen LogP contribution in [0.2, 0.25) is 0 Å². The van der Waals surface area contributed by atoms with Crippen molar-refractivity contribution in [1.82, 2.24) is 5.32 Å². The maximum atomic E-state index is 12.5. The van der Waals surface area contributed by atoms with Gasteiger partial charge in [-0.25, -0.2) is 0 Å². The summed E-state index contributed by atoms with van der Waals surface area (Å²) in [7, 11) is 0. The van der Waals surface area contributed by atoms with Gasteiger partial charge in [-0.15, -0.1) is 12.4 Å². The lowest BCUT2D eigenvalue weighted by Crippen LogP contribution is -2.38. The molecule has 3 N–H and O–H groups in total. The van der Waals surface area contributed by atoms with Crippen LogP contribution in [-0.4, -0.2) is 38.3 Å². The molecule has 0 bridgehead atoms. The molecule has 7 heteroatoms. The van der Waals surface area contributed by atoms with Crippen molar-refractivity contribution < 1.29 is 19.0 Å². The Balaban J connectivity index is 0.00000312. The van der Waals surface area contributed by atoms with Crippen molar-refractivity contribution in [2.75, 3.05) is 26.4 Å². The molecule has 1 fully saturated rings. The minimum atomic E-state index is -0.184. The van der Waals surface area contributed by atoms with E-state index in [1.807, 2.05) is 20.8 Å². The van der Waals surface area contributed by atoms with Crippen LogP contribution in [0.5, 0.6) is 17.2 Å². The molecule has 1 aromatic rings. The predicted molar refractivity (Wildman–Crippen MR) is 100 cm³/mol. The van der Waals surface area contributed by atoms with Gasteiger partial charge in [-0.3, -0.25) is 4.79 Å². The maximum absolute atomic E-state index is 12.5. The molecule has 1 atom stereocenters. The Hall–Kier alpha value is -1.66. The largest absolute Gasteiger partial charge is 0.490 e. The molecule has 142 valence electrons. The summed E-state index contributed by atoms with van der Waals surface area (Å²) in [5.74, 6) is 1.93. The summed E-state index contributed by atoms with van der Waals surface area (Å²) in [6.07, 6.45) is 2.31. The van der Waals surface area contributed by atoms with Gasteiger partial charge >= 0.3 is 0 Å². The van der Waals surface area contributed by atoms with Gasteiger partial charge in [0.1, 0.15) is 0 Å². The Morgan fingerprint density at radius 2 is 1.64 bits per heavy atom. The standard InChI is InChI=1S/C18H28N2O4.ClH/c1-4-22-15-9-13(10-16(23-5-2)17(15)24-6-3)18(21)20-11-14(19)12-7-8-12;/h9-10,12,14H,4-8,11,19H2,1-3H3,(H,20,21);1H. The zero-order valence-corrected chi connectivity index (χ0v) is 16.0. The van der Waals surface area contributed by atoms with E-state index in [-0.39, 0.29) is 24.4 Å². The van der Waals surface area contributed by atoms with Crippen molar-refractivity contribution in [3.8, 4) is 17.2 Å². The number of carbonyl (C=O) groups excluding carboxylic acids is 1. The van der Waals surface area contributed by atoms with Crippen LogP contribution in [0, 0.1) is 5.92 Å². The van der Waals surface area contributed by atoms with E-state index in [2.05, 4.69) is 5.32 Å². The Labute approximate surface area is 155 Å². The fraction of sp³-hybridized carbons (Fsp3) is 0.611. The van der Waals surface area contributed by atoms with E-state index in [4.69, 9.17) is 19.9 Å². The van der Waals surface area contributed by atoms with Gasteiger partial charge in [-0.1, -0.05) is 0 Å². The number of hydrogen-bond donors (Lipinski definition) is 2. The van der Waals surface area contributed by atoms with E-state index in [0.29, 0.717) is 55.1 Å². The van der Waals surface area contributed by atoms with Gasteiger partial charge in [0, 0.05) is 18.2 Å². The van der Waals surface area contributed by atoms with Crippen molar-refractivity contribution in [3.05, 3.63) is 17.7 Å². The summed E-state index contributed by atoms with van der Waals surface area (Å²) in [5.41, 5.74) is 6.52. The lowest BCUT2D eigenvalue weighted by Gasteiger charge is -2.17. The molecule has 1 saturated carbocycles. The van der Waals surface area contributed by atoms with Crippen LogP contribution >= 0.6 is 12.4 Å². The maximum Gasteiger partial charge on any atom is 0.251 e. The highest BCUT2D eigenvalue weighted by molar-refractivity contribution is 5.95. The number of halogens is 1. The minimum absolute atomic E-state index is 0. The first kappa shape index (κ1) is 21.4. The zero-order valence-electron chi connectivity index (χ0n) is 15.2. The van der Waals surface area contributed by atoms with E-state index in [1.54, 1.807) is 12.1 Å². The second-order valence-corrected chi connectivity index (χ2v) is 5.81.